The van der Waals surface area contributed by atoms with Crippen molar-refractivity contribution in [2.45, 2.75) is 19.3 Å². The molecule has 0 spiro atoms. The summed E-state index contributed by atoms with van der Waals surface area (Å²) in [6.45, 7) is 2.33. The van der Waals surface area contributed by atoms with Crippen molar-refractivity contribution >= 4 is 22.6 Å². The summed E-state index contributed by atoms with van der Waals surface area (Å²) < 4.78 is 2.17. The fourth-order valence-electron chi connectivity index (χ4n) is 2.73. The first-order valence-corrected chi connectivity index (χ1v) is 6.93. The second kappa shape index (κ2) is 4.90. The third kappa shape index (κ3) is 2.25. The summed E-state index contributed by atoms with van der Waals surface area (Å²) in [5.41, 5.74) is 2.17. The molecule has 3 rings (SSSR count). The van der Waals surface area contributed by atoms with E-state index in [-0.39, 0.29) is 0 Å². The van der Waals surface area contributed by atoms with Crippen molar-refractivity contribution in [2.75, 3.05) is 13.1 Å². The van der Waals surface area contributed by atoms with Crippen molar-refractivity contribution in [3.8, 4) is 0 Å². The quantitative estimate of drug-likeness (QED) is 0.923. The Morgan fingerprint density at radius 3 is 3.17 bits per heavy atom. The average Bonchev–Trinajstić information content (AvgIpc) is 2.97. The smallest absolute Gasteiger partial charge is 0.109 e. The number of nitrogens with zero attached hydrogens (tertiary/aromatic N) is 2. The molecule has 2 aromatic rings. The minimum atomic E-state index is 0.775. The highest BCUT2D eigenvalue weighted by Gasteiger charge is 2.16. The zero-order valence-corrected chi connectivity index (χ0v) is 11.4. The van der Waals surface area contributed by atoms with Gasteiger partial charge in [0.1, 0.15) is 5.82 Å². The molecule has 1 aliphatic heterocycles. The molecule has 1 fully saturated rings. The molecule has 2 heterocycles. The second-order valence-corrected chi connectivity index (χ2v) is 5.55. The van der Waals surface area contributed by atoms with Crippen LogP contribution in [0, 0.1) is 5.92 Å². The Balaban J connectivity index is 1.81. The molecule has 18 heavy (non-hydrogen) atoms. The Morgan fingerprint density at radius 2 is 2.39 bits per heavy atom. The van der Waals surface area contributed by atoms with Crippen LogP contribution in [-0.4, -0.2) is 22.6 Å². The molecule has 1 N–H and O–H groups in total. The number of hydrogen-bond acceptors (Lipinski definition) is 2. The highest BCUT2D eigenvalue weighted by Crippen LogP contribution is 2.22. The molecule has 0 aliphatic carbocycles. The number of halogens is 1. The van der Waals surface area contributed by atoms with Crippen LogP contribution in [0.25, 0.3) is 11.0 Å². The van der Waals surface area contributed by atoms with Gasteiger partial charge in [0, 0.05) is 18.5 Å². The van der Waals surface area contributed by atoms with Crippen LogP contribution in [0.1, 0.15) is 18.7 Å². The molecule has 0 amide bonds. The monoisotopic (exact) mass is 263 g/mol. The molecular weight excluding hydrogens is 246 g/mol. The van der Waals surface area contributed by atoms with Gasteiger partial charge in [-0.25, -0.2) is 4.98 Å². The van der Waals surface area contributed by atoms with Gasteiger partial charge in [-0.3, -0.25) is 0 Å². The Labute approximate surface area is 112 Å². The first-order chi connectivity index (χ1) is 8.74. The van der Waals surface area contributed by atoms with E-state index in [0.29, 0.717) is 0 Å². The van der Waals surface area contributed by atoms with Crippen LogP contribution in [0.15, 0.2) is 18.2 Å². The van der Waals surface area contributed by atoms with Crippen molar-refractivity contribution in [1.82, 2.24) is 14.9 Å². The van der Waals surface area contributed by atoms with E-state index < -0.39 is 0 Å². The third-order valence-corrected chi connectivity index (χ3v) is 4.11. The lowest BCUT2D eigenvalue weighted by Gasteiger charge is -2.07. The van der Waals surface area contributed by atoms with Crippen LogP contribution in [0.3, 0.4) is 0 Å². The van der Waals surface area contributed by atoms with E-state index >= 15 is 0 Å². The maximum absolute atomic E-state index is 6.03. The van der Waals surface area contributed by atoms with Crippen molar-refractivity contribution < 1.29 is 0 Å². The topological polar surface area (TPSA) is 29.9 Å². The molecule has 3 nitrogen and oxygen atoms in total. The van der Waals surface area contributed by atoms with Gasteiger partial charge in [0.05, 0.1) is 11.0 Å². The first-order valence-electron chi connectivity index (χ1n) is 6.55. The number of aromatic nitrogens is 2. The maximum Gasteiger partial charge on any atom is 0.109 e. The molecule has 0 saturated carbocycles. The van der Waals surface area contributed by atoms with Gasteiger partial charge in [-0.15, -0.1) is 0 Å². The van der Waals surface area contributed by atoms with Crippen LogP contribution >= 0.6 is 11.6 Å². The SMILES string of the molecule is Cn1c(CCC2CCNC2)nc2ccc(Cl)cc21. The molecule has 1 aromatic heterocycles. The average molecular weight is 264 g/mol. The molecule has 1 saturated heterocycles. The Bertz CT molecular complexity index is 555. The molecule has 4 heteroatoms. The summed E-state index contributed by atoms with van der Waals surface area (Å²) >= 11 is 6.03. The lowest BCUT2D eigenvalue weighted by molar-refractivity contribution is 0.520. The number of rotatable bonds is 3. The molecule has 0 radical (unpaired) electrons. The number of fused-ring (bicyclic) bond motifs is 1. The van der Waals surface area contributed by atoms with Crippen molar-refractivity contribution in [2.24, 2.45) is 13.0 Å². The van der Waals surface area contributed by atoms with Gasteiger partial charge < -0.3 is 9.88 Å². The Kier molecular flexibility index (Phi) is 3.27. The van der Waals surface area contributed by atoms with Gasteiger partial charge in [0.15, 0.2) is 0 Å². The number of benzene rings is 1. The van der Waals surface area contributed by atoms with Crippen molar-refractivity contribution in [3.05, 3.63) is 29.0 Å². The number of nitrogens with one attached hydrogen (secondary N) is 1. The van der Waals surface area contributed by atoms with Crippen LogP contribution in [0.2, 0.25) is 5.02 Å². The minimum Gasteiger partial charge on any atom is -0.331 e. The van der Waals surface area contributed by atoms with Gasteiger partial charge in [-0.2, -0.15) is 0 Å². The zero-order chi connectivity index (χ0) is 12.5. The molecule has 1 aromatic carbocycles. The lowest BCUT2D eigenvalue weighted by atomic mass is 10.0. The van der Waals surface area contributed by atoms with Crippen LogP contribution < -0.4 is 5.32 Å². The zero-order valence-electron chi connectivity index (χ0n) is 10.6. The van der Waals surface area contributed by atoms with Crippen LogP contribution in [-0.2, 0) is 13.5 Å². The van der Waals surface area contributed by atoms with E-state index in [9.17, 15) is 0 Å². The summed E-state index contributed by atoms with van der Waals surface area (Å²) in [5.74, 6) is 1.98. The Hall–Kier alpha value is -1.06. The minimum absolute atomic E-state index is 0.775. The molecule has 1 unspecified atom stereocenters. The summed E-state index contributed by atoms with van der Waals surface area (Å²) in [6, 6.07) is 5.89. The number of aryl methyl sites for hydroxylation is 2. The normalized spacial score (nSPS) is 19.8. The number of imidazole rings is 1. The maximum atomic E-state index is 6.03. The molecular formula is C14H18ClN3. The van der Waals surface area contributed by atoms with Crippen LogP contribution in [0.4, 0.5) is 0 Å². The lowest BCUT2D eigenvalue weighted by Crippen LogP contribution is -2.10. The summed E-state index contributed by atoms with van der Waals surface area (Å²) in [6.07, 6.45) is 3.57. The molecule has 0 bridgehead atoms. The van der Waals surface area contributed by atoms with E-state index in [0.717, 1.165) is 34.9 Å². The predicted octanol–water partition coefficient (Wildman–Crippen LogP) is 2.77. The summed E-state index contributed by atoms with van der Waals surface area (Å²) in [5, 5.41) is 4.19. The highest BCUT2D eigenvalue weighted by atomic mass is 35.5. The van der Waals surface area contributed by atoms with E-state index in [1.54, 1.807) is 0 Å². The van der Waals surface area contributed by atoms with Gasteiger partial charge in [-0.1, -0.05) is 11.6 Å². The van der Waals surface area contributed by atoms with Gasteiger partial charge in [0.25, 0.3) is 0 Å². The standard InChI is InChI=1S/C14H18ClN3/c1-18-13-8-11(15)3-4-12(13)17-14(18)5-2-10-6-7-16-9-10/h3-4,8,10,16H,2,5-7,9H2,1H3. The fourth-order valence-corrected chi connectivity index (χ4v) is 2.90. The van der Waals surface area contributed by atoms with E-state index in [1.807, 2.05) is 18.2 Å². The van der Waals surface area contributed by atoms with E-state index in [2.05, 4.69) is 16.9 Å². The molecule has 1 atom stereocenters. The predicted molar refractivity (Wildman–Crippen MR) is 75.0 cm³/mol. The van der Waals surface area contributed by atoms with Gasteiger partial charge >= 0.3 is 0 Å². The summed E-state index contributed by atoms with van der Waals surface area (Å²) in [4.78, 5) is 4.70. The second-order valence-electron chi connectivity index (χ2n) is 5.12. The van der Waals surface area contributed by atoms with E-state index in [4.69, 9.17) is 16.6 Å². The fraction of sp³-hybridized carbons (Fsp3) is 0.500. The van der Waals surface area contributed by atoms with Crippen molar-refractivity contribution in [1.29, 1.82) is 0 Å². The van der Waals surface area contributed by atoms with Crippen molar-refractivity contribution in [3.63, 3.8) is 0 Å². The summed E-state index contributed by atoms with van der Waals surface area (Å²) in [7, 11) is 2.08. The van der Waals surface area contributed by atoms with Crippen LogP contribution in [0.5, 0.6) is 0 Å². The first kappa shape index (κ1) is 12.0. The van der Waals surface area contributed by atoms with Gasteiger partial charge in [-0.05, 0) is 50.0 Å². The Morgan fingerprint density at radius 1 is 1.50 bits per heavy atom. The van der Waals surface area contributed by atoms with E-state index in [1.165, 1.54) is 25.2 Å². The number of hydrogen-bond donors (Lipinski definition) is 1. The molecule has 1 aliphatic rings. The van der Waals surface area contributed by atoms with Gasteiger partial charge in [0.2, 0.25) is 0 Å². The largest absolute Gasteiger partial charge is 0.331 e. The third-order valence-electron chi connectivity index (χ3n) is 3.87. The molecule has 96 valence electrons. The highest BCUT2D eigenvalue weighted by molar-refractivity contribution is 6.31.